The Labute approximate surface area is 101 Å². The smallest absolute Gasteiger partial charge is 0.116 e. The molecule has 0 bridgehead atoms. The second kappa shape index (κ2) is 3.90. The normalized spacial score (nSPS) is 22.4. The van der Waals surface area contributed by atoms with E-state index in [0.29, 0.717) is 17.7 Å². The molecule has 0 radical (unpaired) electrons. The average Bonchev–Trinajstić information content (AvgIpc) is 3.07. The van der Waals surface area contributed by atoms with Crippen molar-refractivity contribution in [3.63, 3.8) is 0 Å². The molecule has 1 aliphatic rings. The van der Waals surface area contributed by atoms with E-state index < -0.39 is 0 Å². The van der Waals surface area contributed by atoms with E-state index in [0.717, 1.165) is 17.5 Å². The zero-order valence-electron chi connectivity index (χ0n) is 9.51. The first-order valence-electron chi connectivity index (χ1n) is 5.89. The predicted molar refractivity (Wildman–Crippen MR) is 68.9 cm³/mol. The quantitative estimate of drug-likeness (QED) is 0.825. The van der Waals surface area contributed by atoms with Gasteiger partial charge in [-0.25, -0.2) is 0 Å². The van der Waals surface area contributed by atoms with E-state index in [-0.39, 0.29) is 0 Å². The van der Waals surface area contributed by atoms with Gasteiger partial charge >= 0.3 is 0 Å². The lowest BCUT2D eigenvalue weighted by Crippen LogP contribution is -2.00. The van der Waals surface area contributed by atoms with Gasteiger partial charge in [-0.2, -0.15) is 0 Å². The minimum absolute atomic E-state index is 0.302. The topological polar surface area (TPSA) is 46.2 Å². The van der Waals surface area contributed by atoms with E-state index >= 15 is 0 Å². The second-order valence-corrected chi connectivity index (χ2v) is 4.68. The van der Waals surface area contributed by atoms with Crippen LogP contribution < -0.4 is 5.73 Å². The molecule has 3 rings (SSSR count). The third-order valence-corrected chi connectivity index (χ3v) is 3.36. The van der Waals surface area contributed by atoms with Crippen molar-refractivity contribution in [1.29, 1.82) is 0 Å². The highest BCUT2D eigenvalue weighted by atomic mass is 16.3. The molecule has 2 atom stereocenters. The van der Waals surface area contributed by atoms with E-state index in [1.165, 1.54) is 5.56 Å². The Morgan fingerprint density at radius 2 is 1.71 bits per heavy atom. The summed E-state index contributed by atoms with van der Waals surface area (Å²) in [7, 11) is 0. The van der Waals surface area contributed by atoms with Crippen LogP contribution in [0.5, 0.6) is 5.75 Å². The fourth-order valence-corrected chi connectivity index (χ4v) is 2.21. The summed E-state index contributed by atoms with van der Waals surface area (Å²) in [6, 6.07) is 16.1. The van der Waals surface area contributed by atoms with Crippen LogP contribution in [0.25, 0.3) is 11.1 Å². The number of hydrogen-bond donors (Lipinski definition) is 2. The maximum Gasteiger partial charge on any atom is 0.116 e. The van der Waals surface area contributed by atoms with Gasteiger partial charge in [0.05, 0.1) is 0 Å². The molecule has 17 heavy (non-hydrogen) atoms. The molecule has 2 heteroatoms. The third-order valence-electron chi connectivity index (χ3n) is 3.36. The van der Waals surface area contributed by atoms with Crippen LogP contribution in [0.3, 0.4) is 0 Å². The molecule has 86 valence electrons. The molecule has 2 aromatic carbocycles. The summed E-state index contributed by atoms with van der Waals surface area (Å²) >= 11 is 0. The summed E-state index contributed by atoms with van der Waals surface area (Å²) in [6.45, 7) is 0. The first kappa shape index (κ1) is 10.4. The zero-order valence-corrected chi connectivity index (χ0v) is 9.51. The van der Waals surface area contributed by atoms with Gasteiger partial charge in [-0.05, 0) is 35.2 Å². The third kappa shape index (κ3) is 2.04. The number of aromatic hydroxyl groups is 1. The molecule has 1 fully saturated rings. The number of nitrogens with two attached hydrogens (primary N) is 1. The minimum atomic E-state index is 0.302. The van der Waals surface area contributed by atoms with Gasteiger partial charge in [0.1, 0.15) is 5.75 Å². The summed E-state index contributed by atoms with van der Waals surface area (Å²) in [6.07, 6.45) is 1.10. The van der Waals surface area contributed by atoms with Crippen molar-refractivity contribution in [3.05, 3.63) is 54.1 Å². The summed E-state index contributed by atoms with van der Waals surface area (Å²) in [5.74, 6) is 0.851. The van der Waals surface area contributed by atoms with Gasteiger partial charge in [-0.15, -0.1) is 0 Å². The molecule has 1 aliphatic carbocycles. The van der Waals surface area contributed by atoms with Gasteiger partial charge in [-0.3, -0.25) is 0 Å². The molecule has 1 unspecified atom stereocenters. The molecule has 3 N–H and O–H groups in total. The first-order valence-corrected chi connectivity index (χ1v) is 5.89. The lowest BCUT2D eigenvalue weighted by molar-refractivity contribution is 0.475. The molecule has 1 saturated carbocycles. The molecule has 0 aliphatic heterocycles. The van der Waals surface area contributed by atoms with Crippen LogP contribution >= 0.6 is 0 Å². The Morgan fingerprint density at radius 1 is 1.00 bits per heavy atom. The molecule has 0 amide bonds. The summed E-state index contributed by atoms with van der Waals surface area (Å²) in [5, 5.41) is 9.45. The fraction of sp³-hybridized carbons (Fsp3) is 0.200. The van der Waals surface area contributed by atoms with Crippen molar-refractivity contribution in [2.45, 2.75) is 18.4 Å². The lowest BCUT2D eigenvalue weighted by Gasteiger charge is -2.04. The highest BCUT2D eigenvalue weighted by Crippen LogP contribution is 2.39. The largest absolute Gasteiger partial charge is 0.508 e. The van der Waals surface area contributed by atoms with Crippen LogP contribution in [0, 0.1) is 0 Å². The van der Waals surface area contributed by atoms with Crippen LogP contribution in [-0.2, 0) is 0 Å². The van der Waals surface area contributed by atoms with Gasteiger partial charge in [0, 0.05) is 12.0 Å². The number of rotatable bonds is 2. The molecule has 0 spiro atoms. The van der Waals surface area contributed by atoms with Crippen LogP contribution in [0.1, 0.15) is 17.9 Å². The van der Waals surface area contributed by atoms with Gasteiger partial charge in [0.2, 0.25) is 0 Å². The van der Waals surface area contributed by atoms with E-state index in [1.807, 2.05) is 12.1 Å². The average molecular weight is 225 g/mol. The highest BCUT2D eigenvalue weighted by molar-refractivity contribution is 5.65. The van der Waals surface area contributed by atoms with E-state index in [2.05, 4.69) is 24.3 Å². The zero-order chi connectivity index (χ0) is 11.8. The SMILES string of the molecule is N[C@H]1CC1c1ccc(-c2cccc(O)c2)cc1. The maximum atomic E-state index is 9.45. The number of hydrogen-bond acceptors (Lipinski definition) is 2. The fourth-order valence-electron chi connectivity index (χ4n) is 2.21. The number of phenolic OH excluding ortho intramolecular Hbond substituents is 1. The monoisotopic (exact) mass is 225 g/mol. The minimum Gasteiger partial charge on any atom is -0.508 e. The van der Waals surface area contributed by atoms with Crippen molar-refractivity contribution in [3.8, 4) is 16.9 Å². The van der Waals surface area contributed by atoms with Gasteiger partial charge < -0.3 is 10.8 Å². The van der Waals surface area contributed by atoms with E-state index in [1.54, 1.807) is 12.1 Å². The van der Waals surface area contributed by atoms with Crippen molar-refractivity contribution < 1.29 is 5.11 Å². The first-order chi connectivity index (χ1) is 8.24. The van der Waals surface area contributed by atoms with Crippen LogP contribution in [0.15, 0.2) is 48.5 Å². The van der Waals surface area contributed by atoms with Gasteiger partial charge in [0.15, 0.2) is 0 Å². The van der Waals surface area contributed by atoms with Crippen LogP contribution in [-0.4, -0.2) is 11.1 Å². The van der Waals surface area contributed by atoms with Crippen molar-refractivity contribution in [1.82, 2.24) is 0 Å². The molecular weight excluding hydrogens is 210 g/mol. The number of benzene rings is 2. The van der Waals surface area contributed by atoms with Crippen molar-refractivity contribution in [2.75, 3.05) is 0 Å². The van der Waals surface area contributed by atoms with Gasteiger partial charge in [-0.1, -0.05) is 36.4 Å². The summed E-state index contributed by atoms with van der Waals surface area (Å²) in [4.78, 5) is 0. The Kier molecular flexibility index (Phi) is 2.37. The molecule has 0 heterocycles. The molecule has 2 nitrogen and oxygen atoms in total. The lowest BCUT2D eigenvalue weighted by atomic mass is 10.0. The summed E-state index contributed by atoms with van der Waals surface area (Å²) in [5.41, 5.74) is 9.32. The van der Waals surface area contributed by atoms with E-state index in [9.17, 15) is 5.11 Å². The van der Waals surface area contributed by atoms with Gasteiger partial charge in [0.25, 0.3) is 0 Å². The number of phenols is 1. The van der Waals surface area contributed by atoms with Crippen LogP contribution in [0.2, 0.25) is 0 Å². The second-order valence-electron chi connectivity index (χ2n) is 4.68. The maximum absolute atomic E-state index is 9.45. The van der Waals surface area contributed by atoms with Crippen LogP contribution in [0.4, 0.5) is 0 Å². The Balaban J connectivity index is 1.89. The Hall–Kier alpha value is -1.80. The van der Waals surface area contributed by atoms with E-state index in [4.69, 9.17) is 5.73 Å². The molecule has 2 aromatic rings. The Bertz CT molecular complexity index is 533. The standard InChI is InChI=1S/C15H15NO/c16-15-9-14(15)11-6-4-10(5-7-11)12-2-1-3-13(17)8-12/h1-8,14-15,17H,9,16H2/t14?,15-/m0/s1. The summed E-state index contributed by atoms with van der Waals surface area (Å²) < 4.78 is 0. The Morgan fingerprint density at radius 3 is 2.29 bits per heavy atom. The molecular formula is C15H15NO. The molecule has 0 saturated heterocycles. The molecule has 0 aromatic heterocycles. The predicted octanol–water partition coefficient (Wildman–Crippen LogP) is 2.87. The van der Waals surface area contributed by atoms with Crippen molar-refractivity contribution >= 4 is 0 Å². The van der Waals surface area contributed by atoms with Crippen molar-refractivity contribution in [2.24, 2.45) is 5.73 Å². The highest BCUT2D eigenvalue weighted by Gasteiger charge is 2.34.